The van der Waals surface area contributed by atoms with Crippen LogP contribution in [-0.2, 0) is 4.74 Å². The summed E-state index contributed by atoms with van der Waals surface area (Å²) in [4.78, 5) is 11.5. The first-order chi connectivity index (χ1) is 7.25. The van der Waals surface area contributed by atoms with Crippen LogP contribution in [0.3, 0.4) is 0 Å². The molecule has 1 amide bonds. The number of aromatic amines is 1. The average molecular weight is 232 g/mol. The van der Waals surface area contributed by atoms with Crippen molar-refractivity contribution in [3.8, 4) is 0 Å². The highest BCUT2D eigenvalue weighted by molar-refractivity contribution is 6.17. The molecule has 0 bridgehead atoms. The van der Waals surface area contributed by atoms with Gasteiger partial charge in [0.05, 0.1) is 25.0 Å². The van der Waals surface area contributed by atoms with Crippen LogP contribution in [0.5, 0.6) is 0 Å². The van der Waals surface area contributed by atoms with Gasteiger partial charge in [-0.2, -0.15) is 5.10 Å². The van der Waals surface area contributed by atoms with E-state index < -0.39 is 0 Å². The van der Waals surface area contributed by atoms with E-state index in [4.69, 9.17) is 16.3 Å². The topological polar surface area (TPSA) is 67.0 Å². The summed E-state index contributed by atoms with van der Waals surface area (Å²) in [5.74, 6) is 0.324. The Bertz CT molecular complexity index is 314. The lowest BCUT2D eigenvalue weighted by Crippen LogP contribution is -2.27. The summed E-state index contributed by atoms with van der Waals surface area (Å²) >= 11 is 5.42. The Morgan fingerprint density at radius 3 is 3.07 bits per heavy atom. The van der Waals surface area contributed by atoms with Crippen LogP contribution in [0.25, 0.3) is 0 Å². The van der Waals surface area contributed by atoms with Gasteiger partial charge >= 0.3 is 0 Å². The number of alkyl halides is 1. The smallest absolute Gasteiger partial charge is 0.254 e. The Morgan fingerprint density at radius 2 is 2.47 bits per heavy atom. The number of rotatable bonds is 6. The lowest BCUT2D eigenvalue weighted by atomic mass is 10.2. The zero-order chi connectivity index (χ0) is 11.1. The van der Waals surface area contributed by atoms with Crippen molar-refractivity contribution >= 4 is 17.5 Å². The molecule has 0 atom stereocenters. The lowest BCUT2D eigenvalue weighted by molar-refractivity contribution is 0.0923. The number of H-pyrrole nitrogens is 1. The Morgan fingerprint density at radius 1 is 1.67 bits per heavy atom. The van der Waals surface area contributed by atoms with Gasteiger partial charge in [0.1, 0.15) is 0 Å². The highest BCUT2D eigenvalue weighted by atomic mass is 35.5. The van der Waals surface area contributed by atoms with E-state index in [2.05, 4.69) is 15.5 Å². The number of amides is 1. The monoisotopic (exact) mass is 231 g/mol. The molecule has 0 radical (unpaired) electrons. The fraction of sp³-hybridized carbons (Fsp3) is 0.556. The molecule has 0 spiro atoms. The molecule has 0 fully saturated rings. The third-order valence-corrected chi connectivity index (χ3v) is 1.98. The normalized spacial score (nSPS) is 10.3. The van der Waals surface area contributed by atoms with E-state index >= 15 is 0 Å². The molecule has 1 aromatic rings. The molecule has 0 aromatic carbocycles. The highest BCUT2D eigenvalue weighted by Crippen LogP contribution is 2.01. The van der Waals surface area contributed by atoms with Crippen molar-refractivity contribution in [2.24, 2.45) is 0 Å². The quantitative estimate of drug-likeness (QED) is 0.560. The Balaban J connectivity index is 2.22. The molecule has 1 aromatic heterocycles. The number of carbonyl (C=O) groups is 1. The minimum Gasteiger partial charge on any atom is -0.378 e. The molecule has 1 rings (SSSR count). The maximum absolute atomic E-state index is 11.5. The number of hydrogen-bond donors (Lipinski definition) is 2. The first-order valence-corrected chi connectivity index (χ1v) is 5.21. The number of carbonyl (C=O) groups excluding carboxylic acids is 1. The van der Waals surface area contributed by atoms with Gasteiger partial charge in [0.25, 0.3) is 5.91 Å². The van der Waals surface area contributed by atoms with Gasteiger partial charge in [-0.15, -0.1) is 11.6 Å². The third-order valence-electron chi connectivity index (χ3n) is 1.83. The SMILES string of the molecule is Cc1[nH]ncc1C(=O)NCCOCCCl. The molecular weight excluding hydrogens is 218 g/mol. The largest absolute Gasteiger partial charge is 0.378 e. The molecule has 5 nitrogen and oxygen atoms in total. The van der Waals surface area contributed by atoms with Crippen molar-refractivity contribution in [2.75, 3.05) is 25.6 Å². The number of nitrogens with zero attached hydrogens (tertiary/aromatic N) is 1. The first-order valence-electron chi connectivity index (χ1n) is 4.67. The van der Waals surface area contributed by atoms with Crippen LogP contribution in [0, 0.1) is 6.92 Å². The van der Waals surface area contributed by atoms with Crippen LogP contribution in [0.4, 0.5) is 0 Å². The summed E-state index contributed by atoms with van der Waals surface area (Å²) in [6.07, 6.45) is 1.50. The van der Waals surface area contributed by atoms with E-state index in [0.717, 1.165) is 5.69 Å². The van der Waals surface area contributed by atoms with Gasteiger partial charge in [0.15, 0.2) is 0 Å². The van der Waals surface area contributed by atoms with E-state index in [1.807, 2.05) is 0 Å². The molecular formula is C9H14ClN3O2. The molecule has 0 aliphatic rings. The standard InChI is InChI=1S/C9H14ClN3O2/c1-7-8(6-12-13-7)9(14)11-3-5-15-4-2-10/h6H,2-5H2,1H3,(H,11,14)(H,12,13). The minimum atomic E-state index is -0.143. The number of halogens is 1. The molecule has 15 heavy (non-hydrogen) atoms. The summed E-state index contributed by atoms with van der Waals surface area (Å²) in [5, 5.41) is 9.18. The van der Waals surface area contributed by atoms with Gasteiger partial charge in [0.2, 0.25) is 0 Å². The van der Waals surface area contributed by atoms with Gasteiger partial charge < -0.3 is 10.1 Å². The number of aromatic nitrogens is 2. The second-order valence-corrected chi connectivity index (χ2v) is 3.34. The summed E-state index contributed by atoms with van der Waals surface area (Å²) in [6, 6.07) is 0. The molecule has 0 saturated heterocycles. The zero-order valence-electron chi connectivity index (χ0n) is 8.55. The number of hydrogen-bond acceptors (Lipinski definition) is 3. The minimum absolute atomic E-state index is 0.143. The molecule has 84 valence electrons. The maximum atomic E-state index is 11.5. The summed E-state index contributed by atoms with van der Waals surface area (Å²) in [7, 11) is 0. The predicted molar refractivity (Wildman–Crippen MR) is 57.2 cm³/mol. The van der Waals surface area contributed by atoms with Crippen molar-refractivity contribution in [1.82, 2.24) is 15.5 Å². The van der Waals surface area contributed by atoms with Gasteiger partial charge in [-0.25, -0.2) is 0 Å². The van der Waals surface area contributed by atoms with Gasteiger partial charge in [-0.05, 0) is 6.92 Å². The Kier molecular flexibility index (Phi) is 5.14. The summed E-state index contributed by atoms with van der Waals surface area (Å²) < 4.78 is 5.11. The second kappa shape index (κ2) is 6.42. The van der Waals surface area contributed by atoms with Crippen LogP contribution < -0.4 is 5.32 Å². The molecule has 0 aliphatic carbocycles. The average Bonchev–Trinajstić information content (AvgIpc) is 2.64. The van der Waals surface area contributed by atoms with Crippen LogP contribution in [0.15, 0.2) is 6.20 Å². The van der Waals surface area contributed by atoms with Crippen LogP contribution in [0.2, 0.25) is 0 Å². The van der Waals surface area contributed by atoms with E-state index in [0.29, 0.717) is 31.2 Å². The third kappa shape index (κ3) is 3.89. The van der Waals surface area contributed by atoms with E-state index in [-0.39, 0.29) is 5.91 Å². The fourth-order valence-electron chi connectivity index (χ4n) is 1.07. The van der Waals surface area contributed by atoms with Gasteiger partial charge in [-0.3, -0.25) is 9.89 Å². The Labute approximate surface area is 93.1 Å². The van der Waals surface area contributed by atoms with Gasteiger partial charge in [-0.1, -0.05) is 0 Å². The number of aryl methyl sites for hydroxylation is 1. The zero-order valence-corrected chi connectivity index (χ0v) is 9.30. The molecule has 0 aliphatic heterocycles. The van der Waals surface area contributed by atoms with Crippen LogP contribution >= 0.6 is 11.6 Å². The van der Waals surface area contributed by atoms with Crippen LogP contribution in [-0.4, -0.2) is 41.7 Å². The van der Waals surface area contributed by atoms with Crippen molar-refractivity contribution in [3.63, 3.8) is 0 Å². The summed E-state index contributed by atoms with van der Waals surface area (Å²) in [6.45, 7) is 3.24. The maximum Gasteiger partial charge on any atom is 0.254 e. The number of ether oxygens (including phenoxy) is 1. The summed E-state index contributed by atoms with van der Waals surface area (Å²) in [5.41, 5.74) is 1.32. The molecule has 6 heteroatoms. The molecule has 1 heterocycles. The highest BCUT2D eigenvalue weighted by Gasteiger charge is 2.09. The molecule has 2 N–H and O–H groups in total. The van der Waals surface area contributed by atoms with Crippen LogP contribution in [0.1, 0.15) is 16.1 Å². The van der Waals surface area contributed by atoms with Crippen molar-refractivity contribution < 1.29 is 9.53 Å². The lowest BCUT2D eigenvalue weighted by Gasteiger charge is -2.04. The second-order valence-electron chi connectivity index (χ2n) is 2.97. The Hall–Kier alpha value is -1.07. The van der Waals surface area contributed by atoms with Gasteiger partial charge in [0, 0.05) is 18.1 Å². The van der Waals surface area contributed by atoms with Crippen molar-refractivity contribution in [2.45, 2.75) is 6.92 Å². The van der Waals surface area contributed by atoms with E-state index in [9.17, 15) is 4.79 Å². The molecule has 0 saturated carbocycles. The first kappa shape index (κ1) is 12.0. The van der Waals surface area contributed by atoms with Crippen molar-refractivity contribution in [1.29, 1.82) is 0 Å². The number of nitrogens with one attached hydrogen (secondary N) is 2. The fourth-order valence-corrected chi connectivity index (χ4v) is 1.18. The van der Waals surface area contributed by atoms with E-state index in [1.54, 1.807) is 6.92 Å². The molecule has 0 unspecified atom stereocenters. The van der Waals surface area contributed by atoms with E-state index in [1.165, 1.54) is 6.20 Å². The predicted octanol–water partition coefficient (Wildman–Crippen LogP) is 0.703. The van der Waals surface area contributed by atoms with Crippen molar-refractivity contribution in [3.05, 3.63) is 17.5 Å².